The molecule has 0 fully saturated rings. The standard InChI is InChI=1S/C14H22N4O/c1-10(2)14-16-13(17-19-14)9-18-7-5-6-12(18)8-15-11(3)4/h5-7,10-11,15H,8-9H2,1-4H3. The van der Waals surface area contributed by atoms with Gasteiger partial charge >= 0.3 is 0 Å². The highest BCUT2D eigenvalue weighted by molar-refractivity contribution is 5.09. The fourth-order valence-corrected chi connectivity index (χ4v) is 1.79. The second kappa shape index (κ2) is 6.02. The first-order valence-corrected chi connectivity index (χ1v) is 6.76. The third-order valence-corrected chi connectivity index (χ3v) is 2.90. The van der Waals surface area contributed by atoms with Gasteiger partial charge in [0.15, 0.2) is 5.82 Å². The SMILES string of the molecule is CC(C)NCc1cccn1Cc1noc(C(C)C)n1. The Balaban J connectivity index is 2.04. The highest BCUT2D eigenvalue weighted by Crippen LogP contribution is 2.12. The van der Waals surface area contributed by atoms with Gasteiger partial charge in [0, 0.05) is 30.4 Å². The van der Waals surface area contributed by atoms with E-state index in [0.717, 1.165) is 12.4 Å². The van der Waals surface area contributed by atoms with Crippen LogP contribution in [0.1, 0.15) is 51.0 Å². The Bertz CT molecular complexity index is 513. The Morgan fingerprint density at radius 1 is 1.32 bits per heavy atom. The van der Waals surface area contributed by atoms with Crippen molar-refractivity contribution in [1.82, 2.24) is 20.0 Å². The van der Waals surface area contributed by atoms with Gasteiger partial charge in [-0.1, -0.05) is 32.9 Å². The first kappa shape index (κ1) is 13.8. The van der Waals surface area contributed by atoms with Crippen LogP contribution in [0.3, 0.4) is 0 Å². The summed E-state index contributed by atoms with van der Waals surface area (Å²) in [7, 11) is 0. The van der Waals surface area contributed by atoms with E-state index in [2.05, 4.69) is 39.9 Å². The fraction of sp³-hybridized carbons (Fsp3) is 0.571. The quantitative estimate of drug-likeness (QED) is 0.869. The number of aromatic nitrogens is 3. The van der Waals surface area contributed by atoms with Crippen molar-refractivity contribution < 1.29 is 4.52 Å². The summed E-state index contributed by atoms with van der Waals surface area (Å²) in [5.74, 6) is 1.70. The highest BCUT2D eigenvalue weighted by atomic mass is 16.5. The Morgan fingerprint density at radius 3 is 2.74 bits per heavy atom. The molecule has 0 saturated heterocycles. The van der Waals surface area contributed by atoms with Gasteiger partial charge in [-0.25, -0.2) is 0 Å². The van der Waals surface area contributed by atoms with Gasteiger partial charge in [-0.2, -0.15) is 4.98 Å². The molecule has 0 radical (unpaired) electrons. The van der Waals surface area contributed by atoms with Crippen LogP contribution in [0.5, 0.6) is 0 Å². The summed E-state index contributed by atoms with van der Waals surface area (Å²) in [6.45, 7) is 9.87. The van der Waals surface area contributed by atoms with Crippen LogP contribution in [0.15, 0.2) is 22.9 Å². The summed E-state index contributed by atoms with van der Waals surface area (Å²) in [5.41, 5.74) is 1.23. The fourth-order valence-electron chi connectivity index (χ4n) is 1.79. The van der Waals surface area contributed by atoms with Crippen molar-refractivity contribution in [1.29, 1.82) is 0 Å². The molecule has 2 heterocycles. The molecule has 2 aromatic heterocycles. The van der Waals surface area contributed by atoms with Crippen molar-refractivity contribution in [3.8, 4) is 0 Å². The van der Waals surface area contributed by atoms with E-state index in [1.807, 2.05) is 26.1 Å². The third kappa shape index (κ3) is 3.67. The Labute approximate surface area is 114 Å². The van der Waals surface area contributed by atoms with Gasteiger partial charge in [0.05, 0.1) is 6.54 Å². The maximum atomic E-state index is 5.22. The van der Waals surface area contributed by atoms with Gasteiger partial charge in [0.1, 0.15) is 0 Å². The molecule has 0 bridgehead atoms. The molecule has 2 rings (SSSR count). The average molecular weight is 262 g/mol. The first-order chi connectivity index (χ1) is 9.06. The van der Waals surface area contributed by atoms with Crippen LogP contribution < -0.4 is 5.32 Å². The molecule has 0 unspecified atom stereocenters. The minimum absolute atomic E-state index is 0.271. The molecule has 104 valence electrons. The van der Waals surface area contributed by atoms with Crippen LogP contribution in [-0.2, 0) is 13.1 Å². The first-order valence-electron chi connectivity index (χ1n) is 6.76. The summed E-state index contributed by atoms with van der Waals surface area (Å²) < 4.78 is 7.37. The summed E-state index contributed by atoms with van der Waals surface area (Å²) in [6, 6.07) is 4.63. The zero-order valence-corrected chi connectivity index (χ0v) is 12.1. The lowest BCUT2D eigenvalue weighted by molar-refractivity contribution is 0.359. The molecule has 0 saturated carbocycles. The van der Waals surface area contributed by atoms with Crippen LogP contribution >= 0.6 is 0 Å². The van der Waals surface area contributed by atoms with E-state index in [0.29, 0.717) is 18.5 Å². The second-order valence-corrected chi connectivity index (χ2v) is 5.37. The minimum Gasteiger partial charge on any atom is -0.342 e. The number of hydrogen-bond acceptors (Lipinski definition) is 4. The number of nitrogens with zero attached hydrogens (tertiary/aromatic N) is 3. The topological polar surface area (TPSA) is 55.9 Å². The Morgan fingerprint density at radius 2 is 2.11 bits per heavy atom. The predicted octanol–water partition coefficient (Wildman–Crippen LogP) is 2.54. The van der Waals surface area contributed by atoms with Crippen molar-refractivity contribution in [2.75, 3.05) is 0 Å². The molecule has 19 heavy (non-hydrogen) atoms. The van der Waals surface area contributed by atoms with E-state index in [1.54, 1.807) is 0 Å². The van der Waals surface area contributed by atoms with E-state index in [4.69, 9.17) is 4.52 Å². The molecule has 2 aromatic rings. The van der Waals surface area contributed by atoms with Crippen molar-refractivity contribution in [3.05, 3.63) is 35.7 Å². The molecule has 5 nitrogen and oxygen atoms in total. The molecular formula is C14H22N4O. The Kier molecular flexibility index (Phi) is 4.37. The maximum Gasteiger partial charge on any atom is 0.229 e. The van der Waals surface area contributed by atoms with Gasteiger partial charge in [0.2, 0.25) is 5.89 Å². The molecule has 0 aromatic carbocycles. The smallest absolute Gasteiger partial charge is 0.229 e. The molecule has 0 amide bonds. The van der Waals surface area contributed by atoms with E-state index in [1.165, 1.54) is 5.69 Å². The summed E-state index contributed by atoms with van der Waals surface area (Å²) in [5, 5.41) is 7.43. The van der Waals surface area contributed by atoms with E-state index >= 15 is 0 Å². The predicted molar refractivity (Wildman–Crippen MR) is 73.9 cm³/mol. The molecule has 0 aliphatic heterocycles. The maximum absolute atomic E-state index is 5.22. The van der Waals surface area contributed by atoms with Gasteiger partial charge in [-0.3, -0.25) is 0 Å². The zero-order chi connectivity index (χ0) is 13.8. The van der Waals surface area contributed by atoms with Gasteiger partial charge in [-0.05, 0) is 12.1 Å². The van der Waals surface area contributed by atoms with Crippen molar-refractivity contribution in [3.63, 3.8) is 0 Å². The van der Waals surface area contributed by atoms with Crippen LogP contribution in [0.4, 0.5) is 0 Å². The summed E-state index contributed by atoms with van der Waals surface area (Å²) in [6.07, 6.45) is 2.04. The van der Waals surface area contributed by atoms with Crippen LogP contribution in [0, 0.1) is 0 Å². The molecule has 1 N–H and O–H groups in total. The van der Waals surface area contributed by atoms with Crippen LogP contribution in [0.2, 0.25) is 0 Å². The summed E-state index contributed by atoms with van der Waals surface area (Å²) in [4.78, 5) is 4.40. The van der Waals surface area contributed by atoms with Gasteiger partial charge in [-0.15, -0.1) is 0 Å². The highest BCUT2D eigenvalue weighted by Gasteiger charge is 2.11. The van der Waals surface area contributed by atoms with Gasteiger partial charge < -0.3 is 14.4 Å². The lowest BCUT2D eigenvalue weighted by Gasteiger charge is -2.10. The third-order valence-electron chi connectivity index (χ3n) is 2.90. The monoisotopic (exact) mass is 262 g/mol. The lowest BCUT2D eigenvalue weighted by atomic mass is 10.2. The van der Waals surface area contributed by atoms with Crippen molar-refractivity contribution >= 4 is 0 Å². The van der Waals surface area contributed by atoms with Crippen LogP contribution in [0.25, 0.3) is 0 Å². The minimum atomic E-state index is 0.271. The summed E-state index contributed by atoms with van der Waals surface area (Å²) >= 11 is 0. The zero-order valence-electron chi connectivity index (χ0n) is 12.1. The lowest BCUT2D eigenvalue weighted by Crippen LogP contribution is -2.23. The molecule has 0 spiro atoms. The van der Waals surface area contributed by atoms with Crippen molar-refractivity contribution in [2.24, 2.45) is 0 Å². The molecular weight excluding hydrogens is 240 g/mol. The van der Waals surface area contributed by atoms with E-state index < -0.39 is 0 Å². The molecule has 5 heteroatoms. The molecule has 0 aliphatic rings. The molecule has 0 atom stereocenters. The second-order valence-electron chi connectivity index (χ2n) is 5.37. The largest absolute Gasteiger partial charge is 0.342 e. The number of hydrogen-bond donors (Lipinski definition) is 1. The van der Waals surface area contributed by atoms with E-state index in [9.17, 15) is 0 Å². The number of rotatable bonds is 6. The van der Waals surface area contributed by atoms with Crippen LogP contribution in [-0.4, -0.2) is 20.7 Å². The Hall–Kier alpha value is -1.62. The van der Waals surface area contributed by atoms with Crippen molar-refractivity contribution in [2.45, 2.75) is 52.7 Å². The normalized spacial score (nSPS) is 11.7. The number of nitrogens with one attached hydrogen (secondary N) is 1. The van der Waals surface area contributed by atoms with Gasteiger partial charge in [0.25, 0.3) is 0 Å². The average Bonchev–Trinajstić information content (AvgIpc) is 2.96. The van der Waals surface area contributed by atoms with E-state index in [-0.39, 0.29) is 5.92 Å². The molecule has 0 aliphatic carbocycles.